The fourth-order valence-corrected chi connectivity index (χ4v) is 2.89. The Labute approximate surface area is 91.9 Å². The molecule has 1 unspecified atom stereocenters. The molecule has 4 nitrogen and oxygen atoms in total. The first-order valence-corrected chi connectivity index (χ1v) is 6.70. The van der Waals surface area contributed by atoms with Crippen molar-refractivity contribution in [2.45, 2.75) is 25.9 Å². The van der Waals surface area contributed by atoms with Gasteiger partial charge in [0, 0.05) is 11.5 Å². The number of rotatable bonds is 7. The van der Waals surface area contributed by atoms with E-state index in [-0.39, 0.29) is 11.6 Å². The van der Waals surface area contributed by atoms with Crippen LogP contribution >= 0.6 is 21.6 Å². The molecule has 0 aliphatic heterocycles. The summed E-state index contributed by atoms with van der Waals surface area (Å²) in [5.41, 5.74) is 11.0. The molecule has 0 bridgehead atoms. The second-order valence-corrected chi connectivity index (χ2v) is 5.56. The van der Waals surface area contributed by atoms with Crippen LogP contribution in [0.2, 0.25) is 0 Å². The standard InChI is InChI=1S/C8H16N2O2S2/c1-5(11)7(9)3-13-14-4-8(10)6(2)12/h7-8H,3-4,9-10H2,1-2H3/t7-,8?/m1/s1. The molecule has 0 spiro atoms. The van der Waals surface area contributed by atoms with Gasteiger partial charge in [-0.3, -0.25) is 9.59 Å². The largest absolute Gasteiger partial charge is 0.321 e. The lowest BCUT2D eigenvalue weighted by Gasteiger charge is -2.08. The summed E-state index contributed by atoms with van der Waals surface area (Å²) < 4.78 is 0. The van der Waals surface area contributed by atoms with Crippen LogP contribution in [0.5, 0.6) is 0 Å². The molecule has 0 rings (SSSR count). The van der Waals surface area contributed by atoms with Crippen molar-refractivity contribution in [3.63, 3.8) is 0 Å². The molecule has 0 saturated heterocycles. The van der Waals surface area contributed by atoms with Crippen molar-refractivity contribution in [1.82, 2.24) is 0 Å². The fourth-order valence-electron chi connectivity index (χ4n) is 0.478. The van der Waals surface area contributed by atoms with Gasteiger partial charge in [0.15, 0.2) is 0 Å². The van der Waals surface area contributed by atoms with Crippen LogP contribution in [0, 0.1) is 0 Å². The van der Waals surface area contributed by atoms with Crippen LogP contribution in [0.3, 0.4) is 0 Å². The van der Waals surface area contributed by atoms with Crippen LogP contribution in [-0.2, 0) is 9.59 Å². The van der Waals surface area contributed by atoms with Gasteiger partial charge in [-0.1, -0.05) is 21.6 Å². The van der Waals surface area contributed by atoms with Crippen LogP contribution < -0.4 is 11.5 Å². The molecular weight excluding hydrogens is 220 g/mol. The fraction of sp³-hybridized carbons (Fsp3) is 0.750. The molecule has 0 fully saturated rings. The average molecular weight is 236 g/mol. The average Bonchev–Trinajstić information content (AvgIpc) is 2.11. The van der Waals surface area contributed by atoms with Gasteiger partial charge in [-0.15, -0.1) is 0 Å². The summed E-state index contributed by atoms with van der Waals surface area (Å²) in [4.78, 5) is 21.5. The molecule has 0 amide bonds. The normalized spacial score (nSPS) is 14.9. The molecular formula is C8H16N2O2S2. The first-order valence-electron chi connectivity index (χ1n) is 4.21. The first-order chi connectivity index (χ1) is 6.45. The molecule has 0 heterocycles. The molecule has 0 aromatic heterocycles. The second kappa shape index (κ2) is 7.28. The van der Waals surface area contributed by atoms with E-state index in [0.717, 1.165) is 0 Å². The molecule has 0 aromatic rings. The summed E-state index contributed by atoms with van der Waals surface area (Å²) in [6.07, 6.45) is 0. The number of carbonyl (C=O) groups is 2. The van der Waals surface area contributed by atoms with Crippen molar-refractivity contribution in [2.24, 2.45) is 11.5 Å². The van der Waals surface area contributed by atoms with E-state index < -0.39 is 12.1 Å². The summed E-state index contributed by atoms with van der Waals surface area (Å²) in [5.74, 6) is 1.08. The van der Waals surface area contributed by atoms with E-state index in [0.29, 0.717) is 11.5 Å². The highest BCUT2D eigenvalue weighted by Gasteiger charge is 2.10. The van der Waals surface area contributed by atoms with Crippen molar-refractivity contribution in [1.29, 1.82) is 0 Å². The highest BCUT2D eigenvalue weighted by Crippen LogP contribution is 2.22. The molecule has 82 valence electrons. The van der Waals surface area contributed by atoms with Crippen LogP contribution in [-0.4, -0.2) is 35.2 Å². The molecule has 4 N–H and O–H groups in total. The van der Waals surface area contributed by atoms with Crippen molar-refractivity contribution < 1.29 is 9.59 Å². The minimum absolute atomic E-state index is 0.0195. The van der Waals surface area contributed by atoms with E-state index in [2.05, 4.69) is 0 Å². The monoisotopic (exact) mass is 236 g/mol. The minimum atomic E-state index is -0.416. The van der Waals surface area contributed by atoms with Gasteiger partial charge in [-0.25, -0.2) is 0 Å². The van der Waals surface area contributed by atoms with Crippen molar-refractivity contribution in [2.75, 3.05) is 11.5 Å². The smallest absolute Gasteiger partial charge is 0.147 e. The Kier molecular flexibility index (Phi) is 7.26. The van der Waals surface area contributed by atoms with Gasteiger partial charge in [-0.2, -0.15) is 0 Å². The number of hydrogen-bond donors (Lipinski definition) is 2. The molecule has 0 saturated carbocycles. The summed E-state index contributed by atoms with van der Waals surface area (Å²) >= 11 is 0. The lowest BCUT2D eigenvalue weighted by molar-refractivity contribution is -0.118. The molecule has 6 heteroatoms. The van der Waals surface area contributed by atoms with E-state index in [1.54, 1.807) is 0 Å². The Morgan fingerprint density at radius 3 is 1.50 bits per heavy atom. The van der Waals surface area contributed by atoms with E-state index in [1.165, 1.54) is 35.4 Å². The van der Waals surface area contributed by atoms with E-state index >= 15 is 0 Å². The molecule has 14 heavy (non-hydrogen) atoms. The first kappa shape index (κ1) is 14.0. The third-order valence-corrected chi connectivity index (χ3v) is 4.10. The van der Waals surface area contributed by atoms with E-state index in [1.807, 2.05) is 0 Å². The minimum Gasteiger partial charge on any atom is -0.321 e. The zero-order valence-electron chi connectivity index (χ0n) is 8.36. The third kappa shape index (κ3) is 6.42. The zero-order valence-corrected chi connectivity index (χ0v) is 9.99. The Bertz CT molecular complexity index is 190. The number of carbonyl (C=O) groups excluding carboxylic acids is 2. The number of Topliss-reactive ketones (excluding diaryl/α,β-unsaturated/α-hetero) is 2. The van der Waals surface area contributed by atoms with Gasteiger partial charge >= 0.3 is 0 Å². The van der Waals surface area contributed by atoms with Crippen molar-refractivity contribution in [3.8, 4) is 0 Å². The third-order valence-electron chi connectivity index (χ3n) is 1.62. The predicted octanol–water partition coefficient (Wildman–Crippen LogP) is 0.200. The lowest BCUT2D eigenvalue weighted by atomic mass is 10.3. The Hall–Kier alpha value is -0.0400. The molecule has 0 aliphatic carbocycles. The summed E-state index contributed by atoms with van der Waals surface area (Å²) in [6, 6.07) is -0.831. The summed E-state index contributed by atoms with van der Waals surface area (Å²) in [6.45, 7) is 2.94. The van der Waals surface area contributed by atoms with Gasteiger partial charge in [0.05, 0.1) is 12.1 Å². The van der Waals surface area contributed by atoms with E-state index in [9.17, 15) is 9.59 Å². The molecule has 0 aromatic carbocycles. The second-order valence-electron chi connectivity index (χ2n) is 3.00. The summed E-state index contributed by atoms with van der Waals surface area (Å²) in [7, 11) is 2.95. The molecule has 0 aliphatic rings. The van der Waals surface area contributed by atoms with Gasteiger partial charge in [-0.05, 0) is 13.8 Å². The SMILES string of the molecule is CC(=O)C(N)CSSC[C@@H](N)C(C)=O. The molecule has 2 atom stereocenters. The topological polar surface area (TPSA) is 86.2 Å². The highest BCUT2D eigenvalue weighted by atomic mass is 33.1. The zero-order chi connectivity index (χ0) is 11.1. The van der Waals surface area contributed by atoms with Crippen molar-refractivity contribution in [3.05, 3.63) is 0 Å². The van der Waals surface area contributed by atoms with Crippen LogP contribution in [0.1, 0.15) is 13.8 Å². The van der Waals surface area contributed by atoms with Gasteiger partial charge in [0.1, 0.15) is 11.6 Å². The number of ketones is 2. The Morgan fingerprint density at radius 1 is 1.00 bits per heavy atom. The van der Waals surface area contributed by atoms with E-state index in [4.69, 9.17) is 11.5 Å². The van der Waals surface area contributed by atoms with Crippen LogP contribution in [0.4, 0.5) is 0 Å². The summed E-state index contributed by atoms with van der Waals surface area (Å²) in [5, 5.41) is 0. The van der Waals surface area contributed by atoms with Gasteiger partial charge in [0.25, 0.3) is 0 Å². The predicted molar refractivity (Wildman–Crippen MR) is 62.2 cm³/mol. The quantitative estimate of drug-likeness (QED) is 0.485. The highest BCUT2D eigenvalue weighted by molar-refractivity contribution is 8.76. The van der Waals surface area contributed by atoms with Crippen molar-refractivity contribution >= 4 is 33.2 Å². The Balaban J connectivity index is 3.47. The maximum absolute atomic E-state index is 10.8. The van der Waals surface area contributed by atoms with Crippen LogP contribution in [0.25, 0.3) is 0 Å². The Morgan fingerprint density at radius 2 is 1.29 bits per heavy atom. The lowest BCUT2D eigenvalue weighted by Crippen LogP contribution is -2.31. The number of nitrogens with two attached hydrogens (primary N) is 2. The molecule has 0 radical (unpaired) electrons. The van der Waals surface area contributed by atoms with Gasteiger partial charge < -0.3 is 11.5 Å². The maximum atomic E-state index is 10.8. The van der Waals surface area contributed by atoms with Crippen LogP contribution in [0.15, 0.2) is 0 Å². The number of hydrogen-bond acceptors (Lipinski definition) is 6. The van der Waals surface area contributed by atoms with Gasteiger partial charge in [0.2, 0.25) is 0 Å². The maximum Gasteiger partial charge on any atom is 0.147 e.